The van der Waals surface area contributed by atoms with Crippen LogP contribution in [0.25, 0.3) is 0 Å². The van der Waals surface area contributed by atoms with Crippen LogP contribution in [0.1, 0.15) is 43.6 Å². The van der Waals surface area contributed by atoms with E-state index in [1.807, 2.05) is 39.8 Å². The fourth-order valence-electron chi connectivity index (χ4n) is 4.73. The largest absolute Gasteiger partial charge is 0.454 e. The van der Waals surface area contributed by atoms with Gasteiger partial charge in [0.1, 0.15) is 0 Å². The van der Waals surface area contributed by atoms with Crippen molar-refractivity contribution in [3.05, 3.63) is 23.8 Å². The second-order valence-electron chi connectivity index (χ2n) is 8.48. The van der Waals surface area contributed by atoms with Gasteiger partial charge in [0, 0.05) is 37.3 Å². The summed E-state index contributed by atoms with van der Waals surface area (Å²) >= 11 is 1.82. The number of thioether (sulfide) groups is 1. The molecule has 1 aromatic rings. The van der Waals surface area contributed by atoms with Crippen molar-refractivity contribution < 1.29 is 19.1 Å². The van der Waals surface area contributed by atoms with Crippen LogP contribution in [0.2, 0.25) is 0 Å². The topological polar surface area (TPSA) is 59.1 Å². The first-order valence-electron chi connectivity index (χ1n) is 10.8. The maximum atomic E-state index is 12.9. The molecule has 0 radical (unpaired) electrons. The van der Waals surface area contributed by atoms with Crippen molar-refractivity contribution in [3.63, 3.8) is 0 Å². The van der Waals surface area contributed by atoms with Gasteiger partial charge in [-0.05, 0) is 42.9 Å². The van der Waals surface area contributed by atoms with Gasteiger partial charge in [0.25, 0.3) is 0 Å². The minimum Gasteiger partial charge on any atom is -0.454 e. The summed E-state index contributed by atoms with van der Waals surface area (Å²) in [6.07, 6.45) is 6.02. The molecule has 3 fully saturated rings. The molecule has 5 rings (SSSR count). The van der Waals surface area contributed by atoms with E-state index in [4.69, 9.17) is 9.47 Å². The molecule has 0 spiro atoms. The molecule has 1 saturated heterocycles. The van der Waals surface area contributed by atoms with E-state index in [-0.39, 0.29) is 30.4 Å². The fraction of sp³-hybridized carbons (Fsp3) is 0.636. The number of nitrogens with zero attached hydrogens (tertiary/aromatic N) is 2. The predicted octanol–water partition coefficient (Wildman–Crippen LogP) is 2.87. The lowest BCUT2D eigenvalue weighted by Crippen LogP contribution is -2.51. The van der Waals surface area contributed by atoms with Crippen LogP contribution in [0.5, 0.6) is 11.5 Å². The van der Waals surface area contributed by atoms with Gasteiger partial charge in [-0.15, -0.1) is 11.8 Å². The second kappa shape index (κ2) is 8.09. The first-order valence-corrected chi connectivity index (χ1v) is 11.8. The monoisotopic (exact) mass is 416 g/mol. The highest BCUT2D eigenvalue weighted by Gasteiger charge is 2.46. The molecule has 4 aliphatic rings. The number of ether oxygens (including phenoxy) is 2. The summed E-state index contributed by atoms with van der Waals surface area (Å²) in [5.41, 5.74) is 1.16. The number of piperazine rings is 1. The van der Waals surface area contributed by atoms with Crippen LogP contribution < -0.4 is 9.47 Å². The Morgan fingerprint density at radius 2 is 1.72 bits per heavy atom. The predicted molar refractivity (Wildman–Crippen MR) is 111 cm³/mol. The zero-order chi connectivity index (χ0) is 19.8. The molecule has 1 aromatic carbocycles. The highest BCUT2D eigenvalue weighted by atomic mass is 32.2. The van der Waals surface area contributed by atoms with Crippen LogP contribution in [0.4, 0.5) is 0 Å². The Balaban J connectivity index is 1.09. The molecule has 0 N–H and O–H groups in total. The first kappa shape index (κ1) is 19.1. The summed E-state index contributed by atoms with van der Waals surface area (Å²) in [6, 6.07) is 5.99. The fourth-order valence-corrected chi connectivity index (χ4v) is 5.95. The minimum atomic E-state index is 0.0653. The highest BCUT2D eigenvalue weighted by molar-refractivity contribution is 8.00. The van der Waals surface area contributed by atoms with Gasteiger partial charge in [0.05, 0.1) is 5.75 Å². The minimum absolute atomic E-state index is 0.0653. The Kier molecular flexibility index (Phi) is 5.33. The molecule has 156 valence electrons. The zero-order valence-electron chi connectivity index (χ0n) is 16.7. The molecule has 7 heteroatoms. The standard InChI is InChI=1S/C22H28N2O4S/c25-21(13-29-16-3-1-2-4-16)23-7-9-24(10-8-23)22(26)18-12-17(18)15-5-6-19-20(11-15)28-14-27-19/h5-6,11,16-18H,1-4,7-10,12-14H2/t17-,18+/m1/s1. The van der Waals surface area contributed by atoms with Gasteiger partial charge in [0.2, 0.25) is 18.6 Å². The number of amides is 2. The third-order valence-corrected chi connectivity index (χ3v) is 7.98. The normalized spacial score (nSPS) is 26.1. The number of benzene rings is 1. The number of carbonyl (C=O) groups is 2. The molecule has 2 saturated carbocycles. The quantitative estimate of drug-likeness (QED) is 0.739. The van der Waals surface area contributed by atoms with E-state index >= 15 is 0 Å². The Morgan fingerprint density at radius 1 is 1.00 bits per heavy atom. The maximum Gasteiger partial charge on any atom is 0.232 e. The number of hydrogen-bond acceptors (Lipinski definition) is 5. The van der Waals surface area contributed by atoms with E-state index in [0.29, 0.717) is 37.2 Å². The Bertz CT molecular complexity index is 787. The maximum absolute atomic E-state index is 12.9. The van der Waals surface area contributed by atoms with Crippen molar-refractivity contribution in [1.29, 1.82) is 0 Å². The molecule has 6 nitrogen and oxygen atoms in total. The van der Waals surface area contributed by atoms with Crippen LogP contribution in [0.3, 0.4) is 0 Å². The third kappa shape index (κ3) is 4.06. The number of hydrogen-bond donors (Lipinski definition) is 0. The van der Waals surface area contributed by atoms with E-state index in [9.17, 15) is 9.59 Å². The van der Waals surface area contributed by atoms with Crippen molar-refractivity contribution in [2.45, 2.75) is 43.3 Å². The lowest BCUT2D eigenvalue weighted by molar-refractivity contribution is -0.139. The highest BCUT2D eigenvalue weighted by Crippen LogP contribution is 2.50. The Hall–Kier alpha value is -1.89. The summed E-state index contributed by atoms with van der Waals surface area (Å²) in [5.74, 6) is 2.97. The summed E-state index contributed by atoms with van der Waals surface area (Å²) in [7, 11) is 0. The molecular formula is C22H28N2O4S. The zero-order valence-corrected chi connectivity index (χ0v) is 17.5. The number of carbonyl (C=O) groups excluding carboxylic acids is 2. The van der Waals surface area contributed by atoms with Crippen LogP contribution in [0, 0.1) is 5.92 Å². The van der Waals surface area contributed by atoms with Crippen molar-refractivity contribution in [1.82, 2.24) is 9.80 Å². The van der Waals surface area contributed by atoms with Crippen LogP contribution in [-0.4, -0.2) is 65.6 Å². The molecule has 0 unspecified atom stereocenters. The van der Waals surface area contributed by atoms with Crippen LogP contribution in [-0.2, 0) is 9.59 Å². The smallest absolute Gasteiger partial charge is 0.232 e. The van der Waals surface area contributed by atoms with E-state index in [0.717, 1.165) is 23.5 Å². The van der Waals surface area contributed by atoms with Gasteiger partial charge < -0.3 is 19.3 Å². The van der Waals surface area contributed by atoms with Crippen LogP contribution in [0.15, 0.2) is 18.2 Å². The molecule has 29 heavy (non-hydrogen) atoms. The lowest BCUT2D eigenvalue weighted by Gasteiger charge is -2.35. The molecule has 2 amide bonds. The van der Waals surface area contributed by atoms with E-state index in [2.05, 4.69) is 0 Å². The average molecular weight is 417 g/mol. The van der Waals surface area contributed by atoms with Gasteiger partial charge >= 0.3 is 0 Å². The van der Waals surface area contributed by atoms with E-state index < -0.39 is 0 Å². The van der Waals surface area contributed by atoms with Crippen molar-refractivity contribution >= 4 is 23.6 Å². The molecule has 2 aliphatic carbocycles. The SMILES string of the molecule is O=C(CSC1CCCC1)N1CCN(C(=O)[C@H]2C[C@@H]2c2ccc3c(c2)OCO3)CC1. The molecule has 2 aliphatic heterocycles. The first-order chi connectivity index (χ1) is 14.2. The van der Waals surface area contributed by atoms with Gasteiger partial charge in [-0.1, -0.05) is 18.9 Å². The Morgan fingerprint density at radius 3 is 2.52 bits per heavy atom. The second-order valence-corrected chi connectivity index (χ2v) is 9.77. The summed E-state index contributed by atoms with van der Waals surface area (Å²) in [4.78, 5) is 29.3. The van der Waals surface area contributed by atoms with Gasteiger partial charge in [-0.3, -0.25) is 9.59 Å². The summed E-state index contributed by atoms with van der Waals surface area (Å²) in [6.45, 7) is 2.91. The van der Waals surface area contributed by atoms with Gasteiger partial charge in [0.15, 0.2) is 11.5 Å². The number of fused-ring (bicyclic) bond motifs is 1. The van der Waals surface area contributed by atoms with Crippen molar-refractivity contribution in [2.75, 3.05) is 38.7 Å². The molecule has 2 atom stereocenters. The summed E-state index contributed by atoms with van der Waals surface area (Å²) < 4.78 is 10.8. The average Bonchev–Trinajstić information content (AvgIpc) is 3.14. The van der Waals surface area contributed by atoms with Crippen LogP contribution >= 0.6 is 11.8 Å². The Labute approximate surface area is 175 Å². The lowest BCUT2D eigenvalue weighted by atomic mass is 10.1. The molecular weight excluding hydrogens is 388 g/mol. The number of rotatable bonds is 5. The van der Waals surface area contributed by atoms with Gasteiger partial charge in [-0.2, -0.15) is 0 Å². The summed E-state index contributed by atoms with van der Waals surface area (Å²) in [5, 5.41) is 0.671. The third-order valence-electron chi connectivity index (χ3n) is 6.62. The van der Waals surface area contributed by atoms with E-state index in [1.54, 1.807) is 0 Å². The van der Waals surface area contributed by atoms with E-state index in [1.165, 1.54) is 25.7 Å². The van der Waals surface area contributed by atoms with Gasteiger partial charge in [-0.25, -0.2) is 0 Å². The molecule has 0 bridgehead atoms. The molecule has 0 aromatic heterocycles. The van der Waals surface area contributed by atoms with Crippen molar-refractivity contribution in [3.8, 4) is 11.5 Å². The van der Waals surface area contributed by atoms with Crippen molar-refractivity contribution in [2.24, 2.45) is 5.92 Å². The molecule has 2 heterocycles.